The van der Waals surface area contributed by atoms with Crippen molar-refractivity contribution in [3.63, 3.8) is 0 Å². The van der Waals surface area contributed by atoms with Gasteiger partial charge in [-0.05, 0) is 11.6 Å². The van der Waals surface area contributed by atoms with Gasteiger partial charge in [-0.25, -0.2) is 0 Å². The third-order valence-corrected chi connectivity index (χ3v) is 3.66. The lowest BCUT2D eigenvalue weighted by Gasteiger charge is -2.11. The van der Waals surface area contributed by atoms with E-state index >= 15 is 0 Å². The second-order valence-corrected chi connectivity index (χ2v) is 5.32. The lowest BCUT2D eigenvalue weighted by molar-refractivity contribution is 0.0992. The third-order valence-electron chi connectivity index (χ3n) is 3.35. The first kappa shape index (κ1) is 14.0. The Bertz CT molecular complexity index is 653. The SMILES string of the molecule is O=C(Cc1ccccc1)c1cc2c(cc1Cl)OCCCO2. The van der Waals surface area contributed by atoms with Gasteiger partial charge in [0.1, 0.15) is 0 Å². The van der Waals surface area contributed by atoms with Gasteiger partial charge in [-0.2, -0.15) is 0 Å². The van der Waals surface area contributed by atoms with E-state index in [1.807, 2.05) is 30.3 Å². The molecule has 0 aliphatic carbocycles. The number of carbonyl (C=O) groups is 1. The lowest BCUT2D eigenvalue weighted by atomic mass is 10.0. The van der Waals surface area contributed by atoms with Crippen molar-refractivity contribution in [1.82, 2.24) is 0 Å². The number of benzene rings is 2. The van der Waals surface area contributed by atoms with Crippen LogP contribution in [0.25, 0.3) is 0 Å². The molecule has 2 aromatic carbocycles. The second-order valence-electron chi connectivity index (χ2n) is 4.91. The van der Waals surface area contributed by atoms with Crippen LogP contribution in [0.2, 0.25) is 5.02 Å². The standard InChI is InChI=1S/C17H15ClO3/c18-14-11-17-16(20-7-4-8-21-17)10-13(14)15(19)9-12-5-2-1-3-6-12/h1-3,5-6,10-11H,4,7-9H2. The molecule has 0 saturated heterocycles. The lowest BCUT2D eigenvalue weighted by Crippen LogP contribution is -2.05. The molecule has 1 heterocycles. The first-order valence-corrected chi connectivity index (χ1v) is 7.28. The molecule has 21 heavy (non-hydrogen) atoms. The smallest absolute Gasteiger partial charge is 0.168 e. The highest BCUT2D eigenvalue weighted by Crippen LogP contribution is 2.35. The molecule has 3 nitrogen and oxygen atoms in total. The van der Waals surface area contributed by atoms with Gasteiger partial charge in [-0.1, -0.05) is 41.9 Å². The Morgan fingerprint density at radius 2 is 1.71 bits per heavy atom. The molecule has 0 fully saturated rings. The van der Waals surface area contributed by atoms with Crippen LogP contribution in [0.5, 0.6) is 11.5 Å². The minimum absolute atomic E-state index is 0.0261. The maximum Gasteiger partial charge on any atom is 0.168 e. The largest absolute Gasteiger partial charge is 0.490 e. The molecule has 0 spiro atoms. The Hall–Kier alpha value is -2.00. The number of halogens is 1. The molecule has 0 atom stereocenters. The van der Waals surface area contributed by atoms with Crippen molar-refractivity contribution in [2.75, 3.05) is 13.2 Å². The van der Waals surface area contributed by atoms with E-state index in [-0.39, 0.29) is 5.78 Å². The zero-order valence-corrected chi connectivity index (χ0v) is 12.2. The summed E-state index contributed by atoms with van der Waals surface area (Å²) >= 11 is 6.22. The fourth-order valence-corrected chi connectivity index (χ4v) is 2.53. The zero-order chi connectivity index (χ0) is 14.7. The van der Waals surface area contributed by atoms with E-state index in [1.165, 1.54) is 0 Å². The van der Waals surface area contributed by atoms with E-state index in [1.54, 1.807) is 12.1 Å². The molecular weight excluding hydrogens is 288 g/mol. The summed E-state index contributed by atoms with van der Waals surface area (Å²) in [4.78, 5) is 12.4. The molecule has 0 unspecified atom stereocenters. The van der Waals surface area contributed by atoms with Crippen LogP contribution in [-0.4, -0.2) is 19.0 Å². The number of rotatable bonds is 3. The van der Waals surface area contributed by atoms with E-state index in [9.17, 15) is 4.79 Å². The van der Waals surface area contributed by atoms with E-state index < -0.39 is 0 Å². The van der Waals surface area contributed by atoms with Crippen molar-refractivity contribution in [3.05, 3.63) is 58.6 Å². The summed E-state index contributed by atoms with van der Waals surface area (Å²) in [5.41, 5.74) is 1.44. The number of ether oxygens (including phenoxy) is 2. The Morgan fingerprint density at radius 3 is 2.43 bits per heavy atom. The van der Waals surface area contributed by atoms with Gasteiger partial charge in [0.25, 0.3) is 0 Å². The topological polar surface area (TPSA) is 35.5 Å². The third kappa shape index (κ3) is 3.19. The summed E-state index contributed by atoms with van der Waals surface area (Å²) in [5.74, 6) is 1.17. The van der Waals surface area contributed by atoms with Crippen LogP contribution in [-0.2, 0) is 6.42 Å². The number of ketones is 1. The minimum Gasteiger partial charge on any atom is -0.490 e. The Morgan fingerprint density at radius 1 is 1.05 bits per heavy atom. The van der Waals surface area contributed by atoms with Crippen LogP contribution in [0.3, 0.4) is 0 Å². The Balaban J connectivity index is 1.88. The summed E-state index contributed by atoms with van der Waals surface area (Å²) in [5, 5.41) is 0.403. The molecule has 0 aromatic heterocycles. The fourth-order valence-electron chi connectivity index (χ4n) is 2.27. The average molecular weight is 303 g/mol. The molecule has 0 saturated carbocycles. The summed E-state index contributed by atoms with van der Waals surface area (Å²) in [7, 11) is 0. The summed E-state index contributed by atoms with van der Waals surface area (Å²) < 4.78 is 11.2. The van der Waals surface area contributed by atoms with Gasteiger partial charge in [0, 0.05) is 24.5 Å². The Labute approximate surface area is 128 Å². The predicted molar refractivity (Wildman–Crippen MR) is 81.5 cm³/mol. The predicted octanol–water partition coefficient (Wildman–Crippen LogP) is 3.93. The van der Waals surface area contributed by atoms with Crippen molar-refractivity contribution in [3.8, 4) is 11.5 Å². The van der Waals surface area contributed by atoms with Gasteiger partial charge in [0.2, 0.25) is 0 Å². The number of carbonyl (C=O) groups excluding carboxylic acids is 1. The van der Waals surface area contributed by atoms with Crippen molar-refractivity contribution in [2.24, 2.45) is 0 Å². The van der Waals surface area contributed by atoms with Crippen molar-refractivity contribution < 1.29 is 14.3 Å². The normalized spacial score (nSPS) is 13.6. The zero-order valence-electron chi connectivity index (χ0n) is 11.5. The number of hydrogen-bond acceptors (Lipinski definition) is 3. The van der Waals surface area contributed by atoms with Crippen molar-refractivity contribution in [2.45, 2.75) is 12.8 Å². The number of Topliss-reactive ketones (excluding diaryl/α,β-unsaturated/α-hetero) is 1. The molecule has 0 N–H and O–H groups in total. The van der Waals surface area contributed by atoms with Gasteiger partial charge < -0.3 is 9.47 Å². The highest BCUT2D eigenvalue weighted by Gasteiger charge is 2.18. The molecule has 4 heteroatoms. The van der Waals surface area contributed by atoms with Crippen LogP contribution >= 0.6 is 11.6 Å². The van der Waals surface area contributed by atoms with Gasteiger partial charge in [0.05, 0.1) is 18.2 Å². The number of fused-ring (bicyclic) bond motifs is 1. The first-order chi connectivity index (χ1) is 10.2. The fraction of sp³-hybridized carbons (Fsp3) is 0.235. The van der Waals surface area contributed by atoms with Gasteiger partial charge >= 0.3 is 0 Å². The molecule has 0 radical (unpaired) electrons. The summed E-state index contributed by atoms with van der Waals surface area (Å²) in [6.07, 6.45) is 1.14. The van der Waals surface area contributed by atoms with E-state index in [4.69, 9.17) is 21.1 Å². The maximum atomic E-state index is 12.4. The highest BCUT2D eigenvalue weighted by molar-refractivity contribution is 6.34. The van der Waals surface area contributed by atoms with E-state index in [0.29, 0.717) is 41.7 Å². The van der Waals surface area contributed by atoms with Crippen LogP contribution in [0.1, 0.15) is 22.3 Å². The average Bonchev–Trinajstić information content (AvgIpc) is 2.72. The van der Waals surface area contributed by atoms with Crippen LogP contribution in [0, 0.1) is 0 Å². The number of hydrogen-bond donors (Lipinski definition) is 0. The van der Waals surface area contributed by atoms with Crippen LogP contribution in [0.4, 0.5) is 0 Å². The molecule has 0 bridgehead atoms. The molecule has 3 rings (SSSR count). The van der Waals surface area contributed by atoms with Crippen molar-refractivity contribution >= 4 is 17.4 Å². The molecule has 108 valence electrons. The molecule has 1 aliphatic heterocycles. The van der Waals surface area contributed by atoms with Crippen molar-refractivity contribution in [1.29, 1.82) is 0 Å². The minimum atomic E-state index is -0.0261. The quantitative estimate of drug-likeness (QED) is 0.806. The Kier molecular flexibility index (Phi) is 4.11. The molecule has 2 aromatic rings. The maximum absolute atomic E-state index is 12.4. The van der Waals surface area contributed by atoms with E-state index in [2.05, 4.69) is 0 Å². The molecular formula is C17H15ClO3. The second kappa shape index (κ2) is 6.19. The summed E-state index contributed by atoms with van der Waals surface area (Å²) in [6, 6.07) is 13.0. The summed E-state index contributed by atoms with van der Waals surface area (Å²) in [6.45, 7) is 1.18. The highest BCUT2D eigenvalue weighted by atomic mass is 35.5. The molecule has 0 amide bonds. The van der Waals surface area contributed by atoms with Gasteiger partial charge in [0.15, 0.2) is 17.3 Å². The van der Waals surface area contributed by atoms with Gasteiger partial charge in [-0.15, -0.1) is 0 Å². The first-order valence-electron chi connectivity index (χ1n) is 6.90. The van der Waals surface area contributed by atoms with Crippen LogP contribution < -0.4 is 9.47 Å². The van der Waals surface area contributed by atoms with Crippen LogP contribution in [0.15, 0.2) is 42.5 Å². The van der Waals surface area contributed by atoms with Gasteiger partial charge in [-0.3, -0.25) is 4.79 Å². The van der Waals surface area contributed by atoms with E-state index in [0.717, 1.165) is 12.0 Å². The monoisotopic (exact) mass is 302 g/mol. The molecule has 1 aliphatic rings.